The molecule has 0 radical (unpaired) electrons. The number of para-hydroxylation sites is 2. The number of thiazole rings is 1. The van der Waals surface area contributed by atoms with Crippen molar-refractivity contribution in [2.75, 3.05) is 34.0 Å². The first-order chi connectivity index (χ1) is 23.3. The van der Waals surface area contributed by atoms with Crippen molar-refractivity contribution in [2.24, 2.45) is 4.99 Å². The van der Waals surface area contributed by atoms with Crippen LogP contribution in [-0.4, -0.2) is 49.1 Å². The Bertz CT molecular complexity index is 2210. The molecule has 11 heteroatoms. The van der Waals surface area contributed by atoms with Gasteiger partial charge in [-0.1, -0.05) is 53.8 Å². The van der Waals surface area contributed by atoms with Crippen LogP contribution in [-0.2, 0) is 20.8 Å². The third-order valence-electron chi connectivity index (χ3n) is 8.38. The van der Waals surface area contributed by atoms with E-state index in [1.165, 1.54) is 30.6 Å². The van der Waals surface area contributed by atoms with Crippen LogP contribution in [0.1, 0.15) is 42.3 Å². The van der Waals surface area contributed by atoms with E-state index in [9.17, 15) is 14.0 Å². The number of fused-ring (bicyclic) bond motifs is 2. The smallest absolute Gasteiger partial charge is 0.338 e. The Kier molecular flexibility index (Phi) is 9.61. The summed E-state index contributed by atoms with van der Waals surface area (Å²) in [6.07, 6.45) is 1.89. The fourth-order valence-electron chi connectivity index (χ4n) is 6.13. The van der Waals surface area contributed by atoms with Gasteiger partial charge in [0.25, 0.3) is 5.56 Å². The first-order valence-electron chi connectivity index (χ1n) is 15.6. The van der Waals surface area contributed by atoms with Crippen molar-refractivity contribution in [1.29, 1.82) is 0 Å². The molecule has 0 saturated heterocycles. The predicted molar refractivity (Wildman–Crippen MR) is 183 cm³/mol. The van der Waals surface area contributed by atoms with Crippen LogP contribution >= 0.6 is 11.3 Å². The van der Waals surface area contributed by atoms with Gasteiger partial charge in [0.05, 0.1) is 36.1 Å². The molecule has 1 aliphatic heterocycles. The van der Waals surface area contributed by atoms with Gasteiger partial charge in [-0.2, -0.15) is 0 Å². The third-order valence-corrected chi connectivity index (χ3v) is 9.37. The van der Waals surface area contributed by atoms with Gasteiger partial charge in [0.15, 0.2) is 16.3 Å². The molecule has 0 spiro atoms. The van der Waals surface area contributed by atoms with Crippen LogP contribution in [0.25, 0.3) is 17.0 Å². The number of benzene rings is 3. The van der Waals surface area contributed by atoms with Gasteiger partial charge < -0.3 is 23.5 Å². The molecule has 3 heterocycles. The Morgan fingerprint density at radius 3 is 2.52 bits per heavy atom. The second-order valence-corrected chi connectivity index (χ2v) is 12.3. The van der Waals surface area contributed by atoms with Crippen LogP contribution in [0.4, 0.5) is 4.39 Å². The molecule has 0 N–H and O–H groups in total. The Balaban J connectivity index is 1.55. The Hall–Kier alpha value is -5.00. The molecule has 1 aliphatic rings. The van der Waals surface area contributed by atoms with E-state index in [4.69, 9.17) is 23.9 Å². The summed E-state index contributed by atoms with van der Waals surface area (Å²) in [5, 5.41) is 0.976. The molecule has 0 unspecified atom stereocenters. The number of nitrogens with zero attached hydrogens (tertiary/aromatic N) is 3. The molecular formula is C37H36FN3O6S. The van der Waals surface area contributed by atoms with E-state index in [0.29, 0.717) is 45.2 Å². The van der Waals surface area contributed by atoms with Crippen molar-refractivity contribution < 1.29 is 28.1 Å². The number of carbonyl (C=O) groups excluding carboxylic acids is 1. The zero-order chi connectivity index (χ0) is 33.9. The molecule has 9 nitrogen and oxygen atoms in total. The first kappa shape index (κ1) is 32.9. The second kappa shape index (κ2) is 14.0. The van der Waals surface area contributed by atoms with Crippen molar-refractivity contribution in [3.05, 3.63) is 126 Å². The lowest BCUT2D eigenvalue weighted by Gasteiger charge is -2.27. The summed E-state index contributed by atoms with van der Waals surface area (Å²) in [4.78, 5) is 33.4. The average molecular weight is 670 g/mol. The number of halogens is 1. The normalized spacial score (nSPS) is 14.6. The van der Waals surface area contributed by atoms with Crippen LogP contribution < -0.4 is 24.4 Å². The fourth-order valence-corrected chi connectivity index (χ4v) is 7.16. The predicted octanol–water partition coefficient (Wildman–Crippen LogP) is 5.28. The van der Waals surface area contributed by atoms with Gasteiger partial charge in [0.2, 0.25) is 0 Å². The average Bonchev–Trinajstić information content (AvgIpc) is 3.53. The molecule has 5 aromatic rings. The van der Waals surface area contributed by atoms with Crippen molar-refractivity contribution >= 4 is 34.3 Å². The SMILES string of the molecule is CCOc1c(OC)cccc1[C@H]1C(C(=O)OCCOC)=C(C)N=c2s/c(=C/c3c(C)n(Cc4ccc(F)cc4)c4ccccc34)c(=O)n21. The van der Waals surface area contributed by atoms with Crippen molar-refractivity contribution in [3.8, 4) is 11.5 Å². The maximum atomic E-state index is 14.5. The number of rotatable bonds is 11. The molecule has 0 saturated carbocycles. The Morgan fingerprint density at radius 2 is 1.79 bits per heavy atom. The summed E-state index contributed by atoms with van der Waals surface area (Å²) in [6.45, 7) is 6.75. The number of hydrogen-bond acceptors (Lipinski definition) is 8. The minimum Gasteiger partial charge on any atom is -0.493 e. The summed E-state index contributed by atoms with van der Waals surface area (Å²) in [7, 11) is 3.07. The topological polar surface area (TPSA) is 93.3 Å². The van der Waals surface area contributed by atoms with Gasteiger partial charge >= 0.3 is 5.97 Å². The monoisotopic (exact) mass is 669 g/mol. The third kappa shape index (κ3) is 6.07. The lowest BCUT2D eigenvalue weighted by Crippen LogP contribution is -2.40. The number of carbonyl (C=O) groups is 1. The highest BCUT2D eigenvalue weighted by atomic mass is 32.1. The number of methoxy groups -OCH3 is 2. The number of allylic oxidation sites excluding steroid dienone is 1. The quantitative estimate of drug-likeness (QED) is 0.140. The molecule has 2 aromatic heterocycles. The van der Waals surface area contributed by atoms with Gasteiger partial charge in [-0.3, -0.25) is 9.36 Å². The summed E-state index contributed by atoms with van der Waals surface area (Å²) in [6, 6.07) is 19.0. The van der Waals surface area contributed by atoms with Gasteiger partial charge in [0, 0.05) is 41.4 Å². The van der Waals surface area contributed by atoms with E-state index in [0.717, 1.165) is 27.7 Å². The van der Waals surface area contributed by atoms with Crippen molar-refractivity contribution in [2.45, 2.75) is 33.4 Å². The zero-order valence-corrected chi connectivity index (χ0v) is 28.2. The zero-order valence-electron chi connectivity index (χ0n) is 27.4. The molecular weight excluding hydrogens is 633 g/mol. The lowest BCUT2D eigenvalue weighted by molar-refractivity contribution is -0.140. The summed E-state index contributed by atoms with van der Waals surface area (Å²) in [5.41, 5.74) is 4.72. The fraction of sp³-hybridized carbons (Fsp3) is 0.270. The highest BCUT2D eigenvalue weighted by Gasteiger charge is 2.36. The number of hydrogen-bond donors (Lipinski definition) is 0. The Labute approximate surface area is 280 Å². The van der Waals surface area contributed by atoms with E-state index in [1.54, 1.807) is 42.9 Å². The maximum absolute atomic E-state index is 14.5. The van der Waals surface area contributed by atoms with Gasteiger partial charge in [0.1, 0.15) is 18.5 Å². The standard InChI is InChI=1S/C37H36FN3O6S/c1-6-46-34-27(11-9-13-30(34)45-5)33-32(36(43)47-19-18-44-4)22(2)39-37-41(33)35(42)31(48-37)20-28-23(3)40(29-12-8-7-10-26(28)29)21-24-14-16-25(38)17-15-24/h7-17,20,33H,6,18-19,21H2,1-5H3/b31-20+/t33-/m0/s1. The highest BCUT2D eigenvalue weighted by Crippen LogP contribution is 2.41. The Morgan fingerprint density at radius 1 is 1.02 bits per heavy atom. The van der Waals surface area contributed by atoms with Crippen LogP contribution in [0.5, 0.6) is 11.5 Å². The van der Waals surface area contributed by atoms with E-state index in [2.05, 4.69) is 4.57 Å². The van der Waals surface area contributed by atoms with Gasteiger partial charge in [-0.25, -0.2) is 14.2 Å². The van der Waals surface area contributed by atoms with Crippen LogP contribution in [0.2, 0.25) is 0 Å². The molecule has 0 bridgehead atoms. The van der Waals surface area contributed by atoms with Crippen LogP contribution in [0.15, 0.2) is 87.8 Å². The summed E-state index contributed by atoms with van der Waals surface area (Å²) >= 11 is 1.25. The van der Waals surface area contributed by atoms with Gasteiger partial charge in [-0.05, 0) is 56.7 Å². The van der Waals surface area contributed by atoms with Crippen molar-refractivity contribution in [3.63, 3.8) is 0 Å². The molecule has 3 aromatic carbocycles. The molecule has 0 aliphatic carbocycles. The van der Waals surface area contributed by atoms with E-state index >= 15 is 0 Å². The van der Waals surface area contributed by atoms with E-state index < -0.39 is 12.0 Å². The molecule has 0 amide bonds. The second-order valence-electron chi connectivity index (χ2n) is 11.3. The van der Waals surface area contributed by atoms with E-state index in [1.807, 2.05) is 50.3 Å². The number of aromatic nitrogens is 2. The van der Waals surface area contributed by atoms with Gasteiger partial charge in [-0.15, -0.1) is 0 Å². The molecule has 0 fully saturated rings. The largest absolute Gasteiger partial charge is 0.493 e. The van der Waals surface area contributed by atoms with Crippen molar-refractivity contribution in [1.82, 2.24) is 9.13 Å². The maximum Gasteiger partial charge on any atom is 0.338 e. The minimum absolute atomic E-state index is 0.0426. The number of esters is 1. The van der Waals surface area contributed by atoms with Crippen LogP contribution in [0.3, 0.4) is 0 Å². The lowest BCUT2D eigenvalue weighted by atomic mass is 9.94. The molecule has 48 heavy (non-hydrogen) atoms. The van der Waals surface area contributed by atoms with Crippen LogP contribution in [0, 0.1) is 12.7 Å². The summed E-state index contributed by atoms with van der Waals surface area (Å²) < 4.78 is 40.2. The molecule has 1 atom stereocenters. The molecule has 248 valence electrons. The van der Waals surface area contributed by atoms with E-state index in [-0.39, 0.29) is 30.2 Å². The number of ether oxygens (including phenoxy) is 4. The first-order valence-corrected chi connectivity index (χ1v) is 16.4. The highest BCUT2D eigenvalue weighted by molar-refractivity contribution is 7.07. The summed E-state index contributed by atoms with van der Waals surface area (Å²) in [5.74, 6) is 0.0187. The minimum atomic E-state index is -0.893. The molecule has 6 rings (SSSR count).